The smallest absolute Gasteiger partial charge is 0.389 e. The molecule has 1 aromatic rings. The molecule has 20 heavy (non-hydrogen) atoms. The fourth-order valence-corrected chi connectivity index (χ4v) is 2.49. The molecule has 0 spiro atoms. The van der Waals surface area contributed by atoms with Gasteiger partial charge in [-0.05, 0) is 36.6 Å². The fourth-order valence-electron chi connectivity index (χ4n) is 2.49. The van der Waals surface area contributed by atoms with Gasteiger partial charge in [0.15, 0.2) is 0 Å². The first-order chi connectivity index (χ1) is 9.49. The highest BCUT2D eigenvalue weighted by atomic mass is 19.4. The fraction of sp³-hybridized carbons (Fsp3) is 0.600. The van der Waals surface area contributed by atoms with Crippen LogP contribution in [0.4, 0.5) is 13.2 Å². The van der Waals surface area contributed by atoms with Crippen molar-refractivity contribution in [1.29, 1.82) is 0 Å². The molecule has 0 saturated heterocycles. The SMILES string of the molecule is CCC(NCCCC(F)(F)F)c1ccc2c(c1)CCO2. The topological polar surface area (TPSA) is 21.3 Å². The average Bonchev–Trinajstić information content (AvgIpc) is 2.84. The summed E-state index contributed by atoms with van der Waals surface area (Å²) in [5.41, 5.74) is 2.32. The van der Waals surface area contributed by atoms with E-state index in [9.17, 15) is 13.2 Å². The second kappa shape index (κ2) is 6.48. The molecule has 0 amide bonds. The average molecular weight is 287 g/mol. The van der Waals surface area contributed by atoms with Gasteiger partial charge in [0.1, 0.15) is 5.75 Å². The van der Waals surface area contributed by atoms with E-state index >= 15 is 0 Å². The quantitative estimate of drug-likeness (QED) is 0.798. The Labute approximate surface area is 117 Å². The molecule has 1 aliphatic rings. The summed E-state index contributed by atoms with van der Waals surface area (Å²) in [5.74, 6) is 0.931. The van der Waals surface area contributed by atoms with Gasteiger partial charge in [-0.2, -0.15) is 13.2 Å². The summed E-state index contributed by atoms with van der Waals surface area (Å²) in [5, 5.41) is 3.21. The lowest BCUT2D eigenvalue weighted by atomic mass is 10.0. The van der Waals surface area contributed by atoms with Gasteiger partial charge in [0, 0.05) is 18.9 Å². The summed E-state index contributed by atoms with van der Waals surface area (Å²) in [7, 11) is 0. The first-order valence-corrected chi connectivity index (χ1v) is 7.05. The molecular formula is C15H20F3NO. The van der Waals surface area contributed by atoms with Gasteiger partial charge in [-0.3, -0.25) is 0 Å². The maximum absolute atomic E-state index is 12.1. The zero-order valence-corrected chi connectivity index (χ0v) is 11.6. The van der Waals surface area contributed by atoms with Crippen molar-refractivity contribution < 1.29 is 17.9 Å². The molecule has 0 radical (unpaired) electrons. The van der Waals surface area contributed by atoms with Crippen molar-refractivity contribution in [3.63, 3.8) is 0 Å². The monoisotopic (exact) mass is 287 g/mol. The van der Waals surface area contributed by atoms with Gasteiger partial charge >= 0.3 is 6.18 Å². The molecule has 1 aliphatic heterocycles. The van der Waals surface area contributed by atoms with Crippen LogP contribution in [0, 0.1) is 0 Å². The minimum absolute atomic E-state index is 0.106. The molecule has 2 nitrogen and oxygen atoms in total. The summed E-state index contributed by atoms with van der Waals surface area (Å²) < 4.78 is 41.7. The molecule has 0 aliphatic carbocycles. The van der Waals surface area contributed by atoms with Crippen molar-refractivity contribution in [3.8, 4) is 5.75 Å². The van der Waals surface area contributed by atoms with E-state index in [2.05, 4.69) is 11.4 Å². The molecular weight excluding hydrogens is 267 g/mol. The molecule has 1 aromatic carbocycles. The second-order valence-electron chi connectivity index (χ2n) is 5.10. The zero-order valence-electron chi connectivity index (χ0n) is 11.6. The second-order valence-corrected chi connectivity index (χ2v) is 5.10. The number of fused-ring (bicyclic) bond motifs is 1. The van der Waals surface area contributed by atoms with Crippen LogP contribution in [0.5, 0.6) is 5.75 Å². The van der Waals surface area contributed by atoms with Crippen LogP contribution < -0.4 is 10.1 Å². The van der Waals surface area contributed by atoms with Crippen molar-refractivity contribution in [2.24, 2.45) is 0 Å². The zero-order chi connectivity index (χ0) is 14.6. The van der Waals surface area contributed by atoms with Crippen LogP contribution in [0.15, 0.2) is 18.2 Å². The number of nitrogens with one attached hydrogen (secondary N) is 1. The van der Waals surface area contributed by atoms with Crippen molar-refractivity contribution >= 4 is 0 Å². The van der Waals surface area contributed by atoms with Gasteiger partial charge in [-0.25, -0.2) is 0 Å². The Morgan fingerprint density at radius 1 is 1.35 bits per heavy atom. The third kappa shape index (κ3) is 4.13. The predicted molar refractivity (Wildman–Crippen MR) is 72.0 cm³/mol. The predicted octanol–water partition coefficient (Wildman–Crippen LogP) is 4.00. The molecule has 0 aromatic heterocycles. The summed E-state index contributed by atoms with van der Waals surface area (Å²) in [6.45, 7) is 3.13. The molecule has 1 unspecified atom stereocenters. The standard InChI is InChI=1S/C15H20F3NO/c1-2-13(19-8-3-7-15(16,17)18)11-4-5-14-12(10-11)6-9-20-14/h4-5,10,13,19H,2-3,6-9H2,1H3. The lowest BCUT2D eigenvalue weighted by molar-refractivity contribution is -0.135. The number of hydrogen-bond donors (Lipinski definition) is 1. The van der Waals surface area contributed by atoms with E-state index in [4.69, 9.17) is 4.74 Å². The summed E-state index contributed by atoms with van der Waals surface area (Å²) in [6.07, 6.45) is -2.91. The Morgan fingerprint density at radius 3 is 2.85 bits per heavy atom. The molecule has 0 fully saturated rings. The largest absolute Gasteiger partial charge is 0.493 e. The lowest BCUT2D eigenvalue weighted by Crippen LogP contribution is -2.23. The van der Waals surface area contributed by atoms with Gasteiger partial charge in [-0.15, -0.1) is 0 Å². The third-order valence-corrected chi connectivity index (χ3v) is 3.55. The van der Waals surface area contributed by atoms with Gasteiger partial charge in [0.2, 0.25) is 0 Å². The van der Waals surface area contributed by atoms with E-state index in [-0.39, 0.29) is 12.5 Å². The molecule has 5 heteroatoms. The molecule has 1 heterocycles. The molecule has 1 N–H and O–H groups in total. The lowest BCUT2D eigenvalue weighted by Gasteiger charge is -2.18. The highest BCUT2D eigenvalue weighted by Gasteiger charge is 2.26. The van der Waals surface area contributed by atoms with E-state index in [1.54, 1.807) is 0 Å². The molecule has 112 valence electrons. The maximum atomic E-state index is 12.1. The number of hydrogen-bond acceptors (Lipinski definition) is 2. The highest BCUT2D eigenvalue weighted by molar-refractivity contribution is 5.40. The van der Waals surface area contributed by atoms with Gasteiger partial charge in [0.05, 0.1) is 6.61 Å². The minimum atomic E-state index is -4.06. The van der Waals surface area contributed by atoms with Crippen molar-refractivity contribution in [3.05, 3.63) is 29.3 Å². The van der Waals surface area contributed by atoms with Crippen LogP contribution in [0.2, 0.25) is 0 Å². The Balaban J connectivity index is 1.88. The van der Waals surface area contributed by atoms with Gasteiger partial charge in [0.25, 0.3) is 0 Å². The van der Waals surface area contributed by atoms with Crippen LogP contribution in [-0.4, -0.2) is 19.3 Å². The van der Waals surface area contributed by atoms with Crippen LogP contribution in [0.1, 0.15) is 43.4 Å². The van der Waals surface area contributed by atoms with Crippen LogP contribution >= 0.6 is 0 Å². The number of halogens is 3. The Morgan fingerprint density at radius 2 is 2.15 bits per heavy atom. The first-order valence-electron chi connectivity index (χ1n) is 7.05. The molecule has 2 rings (SSSR count). The normalized spacial score (nSPS) is 15.8. The summed E-state index contributed by atoms with van der Waals surface area (Å²) in [6, 6.07) is 6.16. The van der Waals surface area contributed by atoms with Crippen LogP contribution in [-0.2, 0) is 6.42 Å². The summed E-state index contributed by atoms with van der Waals surface area (Å²) >= 11 is 0. The highest BCUT2D eigenvalue weighted by Crippen LogP contribution is 2.29. The number of rotatable bonds is 6. The number of ether oxygens (including phenoxy) is 1. The third-order valence-electron chi connectivity index (χ3n) is 3.55. The van der Waals surface area contributed by atoms with E-state index in [1.807, 2.05) is 19.1 Å². The van der Waals surface area contributed by atoms with E-state index < -0.39 is 12.6 Å². The maximum Gasteiger partial charge on any atom is 0.389 e. The van der Waals surface area contributed by atoms with E-state index in [0.29, 0.717) is 13.2 Å². The minimum Gasteiger partial charge on any atom is -0.493 e. The summed E-state index contributed by atoms with van der Waals surface area (Å²) in [4.78, 5) is 0. The van der Waals surface area contributed by atoms with Crippen molar-refractivity contribution in [1.82, 2.24) is 5.32 Å². The Hall–Kier alpha value is -1.23. The first kappa shape index (κ1) is 15.2. The molecule has 0 bridgehead atoms. The van der Waals surface area contributed by atoms with Crippen LogP contribution in [0.3, 0.4) is 0 Å². The van der Waals surface area contributed by atoms with Crippen molar-refractivity contribution in [2.75, 3.05) is 13.2 Å². The van der Waals surface area contributed by atoms with Crippen molar-refractivity contribution in [2.45, 2.75) is 44.8 Å². The Kier molecular flexibility index (Phi) is 4.91. The molecule has 1 atom stereocenters. The molecule has 0 saturated carbocycles. The number of alkyl halides is 3. The van der Waals surface area contributed by atoms with Gasteiger partial charge < -0.3 is 10.1 Å². The van der Waals surface area contributed by atoms with E-state index in [0.717, 1.165) is 24.2 Å². The van der Waals surface area contributed by atoms with Gasteiger partial charge in [-0.1, -0.05) is 19.1 Å². The van der Waals surface area contributed by atoms with E-state index in [1.165, 1.54) is 5.56 Å². The van der Waals surface area contributed by atoms with Crippen LogP contribution in [0.25, 0.3) is 0 Å². The number of benzene rings is 1. The Bertz CT molecular complexity index is 445.